The lowest BCUT2D eigenvalue weighted by Gasteiger charge is -2.17. The molecule has 4 nitrogen and oxygen atoms in total. The Morgan fingerprint density at radius 2 is 1.71 bits per heavy atom. The molecular weight excluding hydrogens is 304 g/mol. The van der Waals surface area contributed by atoms with E-state index in [0.29, 0.717) is 16.9 Å². The third-order valence-corrected chi connectivity index (χ3v) is 3.57. The molecule has 0 saturated carbocycles. The van der Waals surface area contributed by atoms with Gasteiger partial charge in [-0.15, -0.1) is 0 Å². The third-order valence-electron chi connectivity index (χ3n) is 3.57. The highest BCUT2D eigenvalue weighted by molar-refractivity contribution is 6.07. The summed E-state index contributed by atoms with van der Waals surface area (Å²) in [6, 6.07) is 7.88. The molecule has 0 saturated heterocycles. The first kappa shape index (κ1) is 17.6. The number of hydrogen-bond acceptors (Lipinski definition) is 4. The van der Waals surface area contributed by atoms with E-state index in [4.69, 9.17) is 4.74 Å². The lowest BCUT2D eigenvalue weighted by atomic mass is 10.0. The first-order chi connectivity index (χ1) is 11.3. The Kier molecular flexibility index (Phi) is 5.29. The number of carbonyl (C=O) groups excluding carboxylic acids is 1. The maximum absolute atomic E-state index is 12.3. The molecule has 24 heavy (non-hydrogen) atoms. The second-order valence-corrected chi connectivity index (χ2v) is 6.01. The molecule has 4 heteroatoms. The van der Waals surface area contributed by atoms with Crippen molar-refractivity contribution >= 4 is 11.9 Å². The molecule has 2 N–H and O–H groups in total. The molecular formula is C20H22O4. The predicted octanol–water partition coefficient (Wildman–Crippen LogP) is 4.40. The summed E-state index contributed by atoms with van der Waals surface area (Å²) in [6.07, 6.45) is 2.92. The number of aryl methyl sites for hydroxylation is 2. The van der Waals surface area contributed by atoms with Crippen LogP contribution in [0.15, 0.2) is 36.4 Å². The van der Waals surface area contributed by atoms with Crippen LogP contribution in [0.2, 0.25) is 0 Å². The lowest BCUT2D eigenvalue weighted by Crippen LogP contribution is -2.08. The van der Waals surface area contributed by atoms with E-state index in [1.807, 2.05) is 26.8 Å². The average Bonchev–Trinajstić information content (AvgIpc) is 2.52. The highest BCUT2D eigenvalue weighted by atomic mass is 16.5. The molecule has 2 aromatic rings. The van der Waals surface area contributed by atoms with E-state index < -0.39 is 0 Å². The van der Waals surface area contributed by atoms with Gasteiger partial charge in [-0.3, -0.25) is 4.79 Å². The molecule has 0 spiro atoms. The predicted molar refractivity (Wildman–Crippen MR) is 94.8 cm³/mol. The number of aromatic hydroxyl groups is 2. The maximum atomic E-state index is 12.3. The number of benzene rings is 2. The molecule has 0 heterocycles. The Morgan fingerprint density at radius 3 is 2.29 bits per heavy atom. The van der Waals surface area contributed by atoms with Gasteiger partial charge in [-0.05, 0) is 81.3 Å². The standard InChI is InChI=1S/C20H22O4/c1-12(2)24-20-14(4)11-13(3)19(23)17(20)9-10-18(22)15-5-7-16(21)8-6-15/h5-12,21,23H,1-4H3/b10-9+. The van der Waals surface area contributed by atoms with Crippen LogP contribution in [-0.2, 0) is 0 Å². The molecule has 0 amide bonds. The second kappa shape index (κ2) is 7.21. The molecule has 0 fully saturated rings. The van der Waals surface area contributed by atoms with Crippen molar-refractivity contribution in [1.29, 1.82) is 0 Å². The van der Waals surface area contributed by atoms with Crippen LogP contribution in [0, 0.1) is 13.8 Å². The van der Waals surface area contributed by atoms with E-state index in [-0.39, 0.29) is 23.4 Å². The van der Waals surface area contributed by atoms with Crippen LogP contribution in [0.25, 0.3) is 6.08 Å². The fourth-order valence-corrected chi connectivity index (χ4v) is 2.42. The number of rotatable bonds is 5. The van der Waals surface area contributed by atoms with Crippen molar-refractivity contribution in [2.75, 3.05) is 0 Å². The molecule has 0 aliphatic carbocycles. The zero-order valence-electron chi connectivity index (χ0n) is 14.3. The summed E-state index contributed by atoms with van der Waals surface area (Å²) in [5.41, 5.74) is 2.57. The van der Waals surface area contributed by atoms with Crippen molar-refractivity contribution in [3.05, 3.63) is 58.7 Å². The minimum absolute atomic E-state index is 0.0502. The smallest absolute Gasteiger partial charge is 0.185 e. The van der Waals surface area contributed by atoms with Crippen LogP contribution >= 0.6 is 0 Å². The number of carbonyl (C=O) groups is 1. The topological polar surface area (TPSA) is 66.8 Å². The summed E-state index contributed by atoms with van der Waals surface area (Å²) in [6.45, 7) is 7.53. The van der Waals surface area contributed by atoms with Crippen molar-refractivity contribution < 1.29 is 19.7 Å². The fraction of sp³-hybridized carbons (Fsp3) is 0.250. The molecule has 0 aliphatic rings. The summed E-state index contributed by atoms with van der Waals surface area (Å²) < 4.78 is 5.81. The summed E-state index contributed by atoms with van der Waals surface area (Å²) in [4.78, 5) is 12.3. The number of phenols is 2. The Hall–Kier alpha value is -2.75. The molecule has 126 valence electrons. The summed E-state index contributed by atoms with van der Waals surface area (Å²) in [5, 5.41) is 19.6. The lowest BCUT2D eigenvalue weighted by molar-refractivity contribution is 0.104. The minimum atomic E-state index is -0.218. The van der Waals surface area contributed by atoms with Crippen LogP contribution in [0.1, 0.15) is 40.9 Å². The molecule has 0 atom stereocenters. The zero-order valence-corrected chi connectivity index (χ0v) is 14.3. The van der Waals surface area contributed by atoms with Gasteiger partial charge < -0.3 is 14.9 Å². The van der Waals surface area contributed by atoms with Crippen molar-refractivity contribution in [2.45, 2.75) is 33.8 Å². The van der Waals surface area contributed by atoms with Gasteiger partial charge in [-0.25, -0.2) is 0 Å². The van der Waals surface area contributed by atoms with Gasteiger partial charge in [0.2, 0.25) is 0 Å². The Morgan fingerprint density at radius 1 is 1.08 bits per heavy atom. The molecule has 2 aromatic carbocycles. The largest absolute Gasteiger partial charge is 0.508 e. The van der Waals surface area contributed by atoms with Gasteiger partial charge >= 0.3 is 0 Å². The van der Waals surface area contributed by atoms with Crippen LogP contribution < -0.4 is 4.74 Å². The molecule has 0 radical (unpaired) electrons. The molecule has 2 rings (SSSR count). The van der Waals surface area contributed by atoms with Crippen LogP contribution in [0.3, 0.4) is 0 Å². The van der Waals surface area contributed by atoms with Crippen LogP contribution in [0.4, 0.5) is 0 Å². The zero-order chi connectivity index (χ0) is 17.9. The van der Waals surface area contributed by atoms with E-state index in [1.165, 1.54) is 18.2 Å². The Labute approximate surface area is 142 Å². The number of ether oxygens (including phenoxy) is 1. The van der Waals surface area contributed by atoms with Crippen LogP contribution in [0.5, 0.6) is 17.2 Å². The SMILES string of the molecule is Cc1cc(C)c(OC(C)C)c(/C=C/C(=O)c2ccc(O)cc2)c1O. The quantitative estimate of drug-likeness (QED) is 0.631. The highest BCUT2D eigenvalue weighted by Crippen LogP contribution is 2.36. The van der Waals surface area contributed by atoms with Crippen molar-refractivity contribution in [1.82, 2.24) is 0 Å². The fourth-order valence-electron chi connectivity index (χ4n) is 2.42. The molecule has 0 aliphatic heterocycles. The number of phenolic OH excluding ortho intramolecular Hbond substituents is 2. The molecule has 0 bridgehead atoms. The minimum Gasteiger partial charge on any atom is -0.508 e. The number of ketones is 1. The van der Waals surface area contributed by atoms with E-state index >= 15 is 0 Å². The van der Waals surface area contributed by atoms with E-state index in [1.54, 1.807) is 25.1 Å². The van der Waals surface area contributed by atoms with E-state index in [9.17, 15) is 15.0 Å². The van der Waals surface area contributed by atoms with Gasteiger partial charge in [0.05, 0.1) is 11.7 Å². The Bertz CT molecular complexity index is 771. The first-order valence-corrected chi connectivity index (χ1v) is 7.81. The summed E-state index contributed by atoms with van der Waals surface area (Å²) in [5.74, 6) is 0.563. The van der Waals surface area contributed by atoms with Gasteiger partial charge in [0, 0.05) is 5.56 Å². The summed E-state index contributed by atoms with van der Waals surface area (Å²) in [7, 11) is 0. The third kappa shape index (κ3) is 3.96. The highest BCUT2D eigenvalue weighted by Gasteiger charge is 2.15. The number of allylic oxidation sites excluding steroid dienone is 1. The molecule has 0 unspecified atom stereocenters. The Balaban J connectivity index is 2.40. The van der Waals surface area contributed by atoms with Crippen molar-refractivity contribution in [2.24, 2.45) is 0 Å². The average molecular weight is 326 g/mol. The maximum Gasteiger partial charge on any atom is 0.185 e. The second-order valence-electron chi connectivity index (χ2n) is 6.01. The van der Waals surface area contributed by atoms with Gasteiger partial charge in [-0.1, -0.05) is 0 Å². The summed E-state index contributed by atoms with van der Waals surface area (Å²) >= 11 is 0. The van der Waals surface area contributed by atoms with E-state index in [2.05, 4.69) is 0 Å². The number of hydrogen-bond donors (Lipinski definition) is 2. The van der Waals surface area contributed by atoms with Crippen LogP contribution in [-0.4, -0.2) is 22.1 Å². The van der Waals surface area contributed by atoms with Crippen molar-refractivity contribution in [3.63, 3.8) is 0 Å². The van der Waals surface area contributed by atoms with Gasteiger partial charge in [-0.2, -0.15) is 0 Å². The normalized spacial score (nSPS) is 11.2. The molecule has 0 aromatic heterocycles. The van der Waals surface area contributed by atoms with Gasteiger partial charge in [0.15, 0.2) is 5.78 Å². The van der Waals surface area contributed by atoms with Gasteiger partial charge in [0.1, 0.15) is 17.2 Å². The van der Waals surface area contributed by atoms with E-state index in [0.717, 1.165) is 11.1 Å². The first-order valence-electron chi connectivity index (χ1n) is 7.81. The monoisotopic (exact) mass is 326 g/mol. The van der Waals surface area contributed by atoms with Crippen molar-refractivity contribution in [3.8, 4) is 17.2 Å². The van der Waals surface area contributed by atoms with Gasteiger partial charge in [0.25, 0.3) is 0 Å².